The smallest absolute Gasteiger partial charge is 0.198 e. The summed E-state index contributed by atoms with van der Waals surface area (Å²) in [6, 6.07) is 2.22. The van der Waals surface area contributed by atoms with Crippen molar-refractivity contribution in [2.75, 3.05) is 0 Å². The van der Waals surface area contributed by atoms with Crippen LogP contribution < -0.4 is 0 Å². The molecule has 0 aliphatic rings. The van der Waals surface area contributed by atoms with E-state index in [1.54, 1.807) is 24.9 Å². The Balaban J connectivity index is 1.56. The van der Waals surface area contributed by atoms with Gasteiger partial charge in [-0.05, 0) is 47.6 Å². The Bertz CT molecular complexity index is 1740. The van der Waals surface area contributed by atoms with E-state index in [1.165, 1.54) is 0 Å². The van der Waals surface area contributed by atoms with Crippen LogP contribution in [0.15, 0.2) is 31.0 Å². The molecule has 0 atom stereocenters. The molecule has 0 saturated carbocycles. The van der Waals surface area contributed by atoms with Crippen molar-refractivity contribution in [1.29, 1.82) is 0 Å². The Kier molecular flexibility index (Phi) is 4.99. The maximum absolute atomic E-state index is 4.94. The predicted molar refractivity (Wildman–Crippen MR) is 135 cm³/mol. The second-order valence-corrected chi connectivity index (χ2v) is 9.59. The van der Waals surface area contributed by atoms with Crippen LogP contribution in [0.4, 0.5) is 0 Å². The highest BCUT2D eigenvalue weighted by Gasteiger charge is 2.23. The fraction of sp³-hybridized carbons (Fsp3) is 0.375. The third-order valence-electron chi connectivity index (χ3n) is 6.10. The van der Waals surface area contributed by atoms with E-state index in [-0.39, 0.29) is 18.1 Å². The average Bonchev–Trinajstić information content (AvgIpc) is 3.55. The van der Waals surface area contributed by atoms with Gasteiger partial charge in [-0.1, -0.05) is 0 Å². The molecule has 0 aliphatic carbocycles. The zero-order chi connectivity index (χ0) is 25.1. The zero-order valence-electron chi connectivity index (χ0n) is 21.0. The van der Waals surface area contributed by atoms with Gasteiger partial charge in [0.1, 0.15) is 16.7 Å². The summed E-state index contributed by atoms with van der Waals surface area (Å²) in [7, 11) is 0. The first-order chi connectivity index (χ1) is 17.3. The lowest BCUT2D eigenvalue weighted by Gasteiger charge is -2.13. The molecule has 0 bridgehead atoms. The van der Waals surface area contributed by atoms with Crippen molar-refractivity contribution in [2.24, 2.45) is 0 Å². The van der Waals surface area contributed by atoms with Crippen molar-refractivity contribution in [3.8, 4) is 23.2 Å². The molecule has 0 radical (unpaired) electrons. The Morgan fingerprint density at radius 1 is 0.667 bits per heavy atom. The van der Waals surface area contributed by atoms with Gasteiger partial charge < -0.3 is 13.7 Å². The molecule has 6 aromatic heterocycles. The normalized spacial score (nSPS) is 12.4. The molecule has 0 aliphatic heterocycles. The molecule has 0 spiro atoms. The van der Waals surface area contributed by atoms with Crippen LogP contribution in [0.3, 0.4) is 0 Å². The third kappa shape index (κ3) is 3.32. The van der Waals surface area contributed by atoms with Gasteiger partial charge >= 0.3 is 0 Å². The number of hydrogen-bond donors (Lipinski definition) is 0. The predicted octanol–water partition coefficient (Wildman–Crippen LogP) is 4.18. The summed E-state index contributed by atoms with van der Waals surface area (Å²) < 4.78 is 6.08. The maximum atomic E-state index is 4.94. The van der Waals surface area contributed by atoms with Crippen LogP contribution in [0.1, 0.15) is 59.7 Å². The lowest BCUT2D eigenvalue weighted by molar-refractivity contribution is 0.609. The van der Waals surface area contributed by atoms with E-state index < -0.39 is 0 Å². The molecule has 12 nitrogen and oxygen atoms in total. The van der Waals surface area contributed by atoms with E-state index in [4.69, 9.17) is 19.9 Å². The van der Waals surface area contributed by atoms with Crippen LogP contribution in [0.2, 0.25) is 0 Å². The van der Waals surface area contributed by atoms with Crippen LogP contribution in [-0.2, 0) is 0 Å². The van der Waals surface area contributed by atoms with Gasteiger partial charge in [-0.25, -0.2) is 34.9 Å². The Morgan fingerprint density at radius 3 is 2.17 bits per heavy atom. The standard InChI is InChI=1S/C24H26N12/c1-12(2)34-11-27-18-23(34)31-16(9-25-18)20-30-17-10-26-19(32-21(17)35(20)13(3)4)24-29-15-7-8-28-33-22(15)36(24)14(5)6/h7-14H,1-6H3. The lowest BCUT2D eigenvalue weighted by atomic mass is 10.3. The molecular formula is C24H26N12. The van der Waals surface area contributed by atoms with Crippen LogP contribution in [-0.4, -0.2) is 58.8 Å². The molecule has 6 aromatic rings. The van der Waals surface area contributed by atoms with Crippen LogP contribution in [0.25, 0.3) is 56.8 Å². The Morgan fingerprint density at radius 2 is 1.42 bits per heavy atom. The lowest BCUT2D eigenvalue weighted by Crippen LogP contribution is -2.08. The molecular weight excluding hydrogens is 456 g/mol. The highest BCUT2D eigenvalue weighted by Crippen LogP contribution is 2.30. The molecule has 12 heteroatoms. The third-order valence-corrected chi connectivity index (χ3v) is 6.10. The van der Waals surface area contributed by atoms with Crippen molar-refractivity contribution >= 4 is 33.6 Å². The highest BCUT2D eigenvalue weighted by molar-refractivity contribution is 5.80. The minimum Gasteiger partial charge on any atom is -0.311 e. The molecule has 36 heavy (non-hydrogen) atoms. The van der Waals surface area contributed by atoms with Gasteiger partial charge in [0, 0.05) is 18.1 Å². The van der Waals surface area contributed by atoms with E-state index >= 15 is 0 Å². The first-order valence-corrected chi connectivity index (χ1v) is 12.0. The van der Waals surface area contributed by atoms with Crippen LogP contribution >= 0.6 is 0 Å². The molecule has 6 heterocycles. The second-order valence-electron chi connectivity index (χ2n) is 9.59. The van der Waals surface area contributed by atoms with Gasteiger partial charge in [0.15, 0.2) is 40.1 Å². The Hall–Kier alpha value is -4.35. The van der Waals surface area contributed by atoms with Crippen molar-refractivity contribution in [1.82, 2.24) is 58.8 Å². The topological polar surface area (TPSA) is 131 Å². The van der Waals surface area contributed by atoms with Gasteiger partial charge in [-0.3, -0.25) is 0 Å². The number of imidazole rings is 3. The maximum Gasteiger partial charge on any atom is 0.198 e. The summed E-state index contributed by atoms with van der Waals surface area (Å²) in [5.41, 5.74) is 4.82. The quantitative estimate of drug-likeness (QED) is 0.355. The van der Waals surface area contributed by atoms with E-state index in [2.05, 4.69) is 71.3 Å². The summed E-state index contributed by atoms with van der Waals surface area (Å²) in [5, 5.41) is 8.33. The first-order valence-electron chi connectivity index (χ1n) is 12.0. The minimum absolute atomic E-state index is 0.0649. The summed E-state index contributed by atoms with van der Waals surface area (Å²) in [5.74, 6) is 1.82. The van der Waals surface area contributed by atoms with Gasteiger partial charge in [-0.15, -0.1) is 5.10 Å². The van der Waals surface area contributed by atoms with E-state index in [0.29, 0.717) is 45.6 Å². The minimum atomic E-state index is 0.0649. The zero-order valence-corrected chi connectivity index (χ0v) is 21.0. The molecule has 182 valence electrons. The number of fused-ring (bicyclic) bond motifs is 3. The van der Waals surface area contributed by atoms with Crippen LogP contribution in [0, 0.1) is 0 Å². The van der Waals surface area contributed by atoms with Crippen molar-refractivity contribution in [3.05, 3.63) is 31.0 Å². The molecule has 0 unspecified atom stereocenters. The van der Waals surface area contributed by atoms with Gasteiger partial charge in [0.2, 0.25) is 0 Å². The monoisotopic (exact) mass is 482 g/mol. The molecule has 6 rings (SSSR count). The van der Waals surface area contributed by atoms with Crippen molar-refractivity contribution in [2.45, 2.75) is 59.7 Å². The van der Waals surface area contributed by atoms with Crippen molar-refractivity contribution in [3.63, 3.8) is 0 Å². The summed E-state index contributed by atoms with van der Waals surface area (Å²) in [6.07, 6.45) is 6.86. The number of rotatable bonds is 5. The van der Waals surface area contributed by atoms with Gasteiger partial charge in [-0.2, -0.15) is 5.10 Å². The highest BCUT2D eigenvalue weighted by atomic mass is 15.2. The molecule has 0 N–H and O–H groups in total. The van der Waals surface area contributed by atoms with Crippen molar-refractivity contribution < 1.29 is 0 Å². The average molecular weight is 483 g/mol. The molecule has 0 amide bonds. The fourth-order valence-electron chi connectivity index (χ4n) is 4.45. The molecule has 0 fully saturated rings. The fourth-order valence-corrected chi connectivity index (χ4v) is 4.45. The largest absolute Gasteiger partial charge is 0.311 e. The molecule has 0 aromatic carbocycles. The number of hydrogen-bond acceptors (Lipinski definition) is 9. The van der Waals surface area contributed by atoms with E-state index in [9.17, 15) is 0 Å². The SMILES string of the molecule is CC(C)n1cnc2ncc(-c3nc4cnc(-c5nc6ccnnc6n5C(C)C)nc4n3C(C)C)nc21. The summed E-state index contributed by atoms with van der Waals surface area (Å²) >= 11 is 0. The number of nitrogens with zero attached hydrogens (tertiary/aromatic N) is 12. The summed E-state index contributed by atoms with van der Waals surface area (Å²) in [6.45, 7) is 12.5. The Labute approximate surface area is 206 Å². The van der Waals surface area contributed by atoms with Gasteiger partial charge in [0.25, 0.3) is 0 Å². The molecule has 0 saturated heterocycles. The van der Waals surface area contributed by atoms with E-state index in [0.717, 1.165) is 11.2 Å². The van der Waals surface area contributed by atoms with Crippen LogP contribution in [0.5, 0.6) is 0 Å². The second kappa shape index (κ2) is 8.11. The van der Waals surface area contributed by atoms with E-state index in [1.807, 2.05) is 15.2 Å². The summed E-state index contributed by atoms with van der Waals surface area (Å²) in [4.78, 5) is 33.0. The first kappa shape index (κ1) is 22.1. The number of aromatic nitrogens is 12. The van der Waals surface area contributed by atoms with Gasteiger partial charge in [0.05, 0.1) is 24.9 Å².